The smallest absolute Gasteiger partial charge is 0.0122 e. The Morgan fingerprint density at radius 1 is 0.783 bits per heavy atom. The molecule has 0 bridgehead atoms. The minimum Gasteiger partial charge on any atom is -0.301 e. The zero-order chi connectivity index (χ0) is 18.0. The van der Waals surface area contributed by atoms with Gasteiger partial charge in [0.1, 0.15) is 0 Å². The lowest BCUT2D eigenvalue weighted by Gasteiger charge is -2.40. The van der Waals surface area contributed by atoms with E-state index in [1.54, 1.807) is 0 Å². The highest BCUT2D eigenvalue weighted by Gasteiger charge is 2.42. The summed E-state index contributed by atoms with van der Waals surface area (Å²) >= 11 is 0. The highest BCUT2D eigenvalue weighted by Crippen LogP contribution is 2.44. The molecule has 0 heterocycles. The lowest BCUT2D eigenvalue weighted by molar-refractivity contribution is 0.0870. The summed E-state index contributed by atoms with van der Waals surface area (Å²) in [6, 6.07) is 0. The Balaban J connectivity index is 2.99. The van der Waals surface area contributed by atoms with Crippen molar-refractivity contribution in [1.29, 1.82) is 0 Å². The van der Waals surface area contributed by atoms with E-state index in [0.717, 1.165) is 13.1 Å². The third-order valence-electron chi connectivity index (χ3n) is 6.06. The second-order valence-electron chi connectivity index (χ2n) is 9.47. The molecule has 1 saturated carbocycles. The largest absolute Gasteiger partial charge is 0.301 e. The Labute approximate surface area is 145 Å². The van der Waals surface area contributed by atoms with Crippen molar-refractivity contribution >= 4 is 0 Å². The van der Waals surface area contributed by atoms with Crippen molar-refractivity contribution in [1.82, 2.24) is 9.80 Å². The van der Waals surface area contributed by atoms with Crippen molar-refractivity contribution in [3.8, 4) is 0 Å². The van der Waals surface area contributed by atoms with Crippen LogP contribution in [0.2, 0.25) is 0 Å². The number of hydrogen-bond acceptors (Lipinski definition) is 2. The van der Waals surface area contributed by atoms with E-state index in [0.29, 0.717) is 23.7 Å². The quantitative estimate of drug-likeness (QED) is 0.655. The normalized spacial score (nSPS) is 29.3. The predicted octanol–water partition coefficient (Wildman–Crippen LogP) is 4.69. The molecule has 0 radical (unpaired) electrons. The van der Waals surface area contributed by atoms with Crippen LogP contribution in [0.15, 0.2) is 25.3 Å². The SMILES string of the molecule is C=CC1CC(C=C)C(CN(C)C(C)(C)C)C1CN(C)C(C)(C)C. The average molecular weight is 321 g/mol. The van der Waals surface area contributed by atoms with E-state index < -0.39 is 0 Å². The third kappa shape index (κ3) is 5.19. The molecule has 2 heteroatoms. The molecule has 2 nitrogen and oxygen atoms in total. The molecule has 0 aromatic heterocycles. The lowest BCUT2D eigenvalue weighted by atomic mass is 9.84. The summed E-state index contributed by atoms with van der Waals surface area (Å²) in [6.07, 6.45) is 5.59. The third-order valence-corrected chi connectivity index (χ3v) is 6.06. The topological polar surface area (TPSA) is 6.48 Å². The molecule has 0 saturated heterocycles. The van der Waals surface area contributed by atoms with E-state index in [1.165, 1.54) is 6.42 Å². The lowest BCUT2D eigenvalue weighted by Crippen LogP contribution is -2.46. The molecule has 1 fully saturated rings. The van der Waals surface area contributed by atoms with Gasteiger partial charge in [0.2, 0.25) is 0 Å². The maximum Gasteiger partial charge on any atom is 0.0122 e. The van der Waals surface area contributed by atoms with Crippen molar-refractivity contribution in [3.05, 3.63) is 25.3 Å². The summed E-state index contributed by atoms with van der Waals surface area (Å²) in [4.78, 5) is 5.01. The predicted molar refractivity (Wildman–Crippen MR) is 104 cm³/mol. The van der Waals surface area contributed by atoms with E-state index >= 15 is 0 Å². The molecule has 0 aromatic rings. The fourth-order valence-corrected chi connectivity index (χ4v) is 3.56. The van der Waals surface area contributed by atoms with Crippen LogP contribution in [0.5, 0.6) is 0 Å². The zero-order valence-electron chi connectivity index (χ0n) is 16.9. The number of rotatable bonds is 6. The molecule has 134 valence electrons. The van der Waals surface area contributed by atoms with Gasteiger partial charge < -0.3 is 9.80 Å². The second-order valence-corrected chi connectivity index (χ2v) is 9.47. The Morgan fingerprint density at radius 3 is 1.30 bits per heavy atom. The van der Waals surface area contributed by atoms with E-state index in [-0.39, 0.29) is 11.1 Å². The Morgan fingerprint density at radius 2 is 1.09 bits per heavy atom. The molecule has 1 aliphatic rings. The van der Waals surface area contributed by atoms with Gasteiger partial charge in [-0.25, -0.2) is 0 Å². The van der Waals surface area contributed by atoms with Gasteiger partial charge in [-0.05, 0) is 85.7 Å². The van der Waals surface area contributed by atoms with Crippen molar-refractivity contribution < 1.29 is 0 Å². The van der Waals surface area contributed by atoms with Gasteiger partial charge in [0.25, 0.3) is 0 Å². The first-order chi connectivity index (χ1) is 10.4. The molecule has 1 rings (SSSR count). The Hall–Kier alpha value is -0.600. The highest BCUT2D eigenvalue weighted by molar-refractivity contribution is 5.05. The molecule has 0 aliphatic heterocycles. The molecule has 0 amide bonds. The molecular weight excluding hydrogens is 280 g/mol. The van der Waals surface area contributed by atoms with Crippen molar-refractivity contribution in [2.75, 3.05) is 27.2 Å². The molecule has 4 unspecified atom stereocenters. The first kappa shape index (κ1) is 20.4. The van der Waals surface area contributed by atoms with Crippen LogP contribution in [0, 0.1) is 23.7 Å². The van der Waals surface area contributed by atoms with Crippen LogP contribution in [0.3, 0.4) is 0 Å². The number of allylic oxidation sites excluding steroid dienone is 2. The number of nitrogens with zero attached hydrogens (tertiary/aromatic N) is 2. The van der Waals surface area contributed by atoms with Crippen LogP contribution < -0.4 is 0 Å². The van der Waals surface area contributed by atoms with Crippen LogP contribution in [-0.2, 0) is 0 Å². The average Bonchev–Trinajstić information content (AvgIpc) is 2.74. The standard InChI is InChI=1S/C21H40N2/c1-11-16-13-17(12-2)19(15-23(10)21(6,7)8)18(16)14-22(9)20(3,4)5/h11-12,16-19H,1-2,13-15H2,3-10H3. The maximum absolute atomic E-state index is 4.13. The van der Waals surface area contributed by atoms with Crippen LogP contribution in [0.25, 0.3) is 0 Å². The van der Waals surface area contributed by atoms with Gasteiger partial charge in [-0.1, -0.05) is 12.2 Å². The van der Waals surface area contributed by atoms with E-state index in [4.69, 9.17) is 0 Å². The molecule has 0 spiro atoms. The van der Waals surface area contributed by atoms with Crippen molar-refractivity contribution in [2.45, 2.75) is 59.0 Å². The van der Waals surface area contributed by atoms with Gasteiger partial charge in [-0.2, -0.15) is 0 Å². The summed E-state index contributed by atoms with van der Waals surface area (Å²) in [7, 11) is 4.51. The summed E-state index contributed by atoms with van der Waals surface area (Å²) < 4.78 is 0. The molecule has 23 heavy (non-hydrogen) atoms. The van der Waals surface area contributed by atoms with E-state index in [1.807, 2.05) is 0 Å². The van der Waals surface area contributed by atoms with Gasteiger partial charge in [0.15, 0.2) is 0 Å². The monoisotopic (exact) mass is 320 g/mol. The Bertz CT molecular complexity index is 361. The van der Waals surface area contributed by atoms with Crippen molar-refractivity contribution in [2.24, 2.45) is 23.7 Å². The fraction of sp³-hybridized carbons (Fsp3) is 0.810. The molecule has 0 aromatic carbocycles. The van der Waals surface area contributed by atoms with Crippen LogP contribution in [-0.4, -0.2) is 48.1 Å². The van der Waals surface area contributed by atoms with E-state index in [2.05, 4.69) is 90.7 Å². The first-order valence-electron chi connectivity index (χ1n) is 9.09. The van der Waals surface area contributed by atoms with Crippen molar-refractivity contribution in [3.63, 3.8) is 0 Å². The van der Waals surface area contributed by atoms with E-state index in [9.17, 15) is 0 Å². The van der Waals surface area contributed by atoms with Gasteiger partial charge in [-0.3, -0.25) is 0 Å². The molecular formula is C21H40N2. The van der Waals surface area contributed by atoms with Gasteiger partial charge in [0.05, 0.1) is 0 Å². The molecule has 1 aliphatic carbocycles. The van der Waals surface area contributed by atoms with Crippen LogP contribution >= 0.6 is 0 Å². The van der Waals surface area contributed by atoms with Crippen LogP contribution in [0.1, 0.15) is 48.0 Å². The minimum absolute atomic E-state index is 0.207. The van der Waals surface area contributed by atoms with Crippen LogP contribution in [0.4, 0.5) is 0 Å². The maximum atomic E-state index is 4.13. The van der Waals surface area contributed by atoms with Gasteiger partial charge in [0, 0.05) is 24.2 Å². The summed E-state index contributed by atoms with van der Waals surface area (Å²) in [5, 5.41) is 0. The zero-order valence-corrected chi connectivity index (χ0v) is 16.9. The number of hydrogen-bond donors (Lipinski definition) is 0. The highest BCUT2D eigenvalue weighted by atomic mass is 15.2. The minimum atomic E-state index is 0.207. The summed E-state index contributed by atoms with van der Waals surface area (Å²) in [6.45, 7) is 24.3. The summed E-state index contributed by atoms with van der Waals surface area (Å²) in [5.74, 6) is 2.51. The van der Waals surface area contributed by atoms with Gasteiger partial charge in [-0.15, -0.1) is 13.2 Å². The Kier molecular flexibility index (Phi) is 6.69. The summed E-state index contributed by atoms with van der Waals surface area (Å²) in [5.41, 5.74) is 0.414. The molecule has 0 N–H and O–H groups in total. The molecule has 4 atom stereocenters. The fourth-order valence-electron chi connectivity index (χ4n) is 3.56. The second kappa shape index (κ2) is 7.53. The first-order valence-corrected chi connectivity index (χ1v) is 9.09. The van der Waals surface area contributed by atoms with Gasteiger partial charge >= 0.3 is 0 Å².